The molecule has 4 nitrogen and oxygen atoms in total. The summed E-state index contributed by atoms with van der Waals surface area (Å²) in [5.74, 6) is 0.293. The van der Waals surface area contributed by atoms with Gasteiger partial charge in [0.15, 0.2) is 0 Å². The lowest BCUT2D eigenvalue weighted by molar-refractivity contribution is -0.165. The lowest BCUT2D eigenvalue weighted by Crippen LogP contribution is -2.57. The average Bonchev–Trinajstić information content (AvgIpc) is 2.14. The van der Waals surface area contributed by atoms with Crippen molar-refractivity contribution in [2.24, 2.45) is 5.73 Å². The van der Waals surface area contributed by atoms with E-state index in [1.807, 2.05) is 5.01 Å². The van der Waals surface area contributed by atoms with E-state index in [0.717, 1.165) is 25.9 Å². The number of carbonyl (C=O) groups is 1. The highest BCUT2D eigenvalue weighted by Gasteiger charge is 2.33. The highest BCUT2D eigenvalue weighted by atomic mass is 16.2. The van der Waals surface area contributed by atoms with Gasteiger partial charge in [-0.15, -0.1) is 0 Å². The van der Waals surface area contributed by atoms with Gasteiger partial charge in [-0.1, -0.05) is 6.42 Å². The van der Waals surface area contributed by atoms with E-state index in [-0.39, 0.29) is 0 Å². The van der Waals surface area contributed by atoms with Crippen LogP contribution in [-0.4, -0.2) is 41.6 Å². The molecule has 1 amide bonds. The van der Waals surface area contributed by atoms with Crippen molar-refractivity contribution in [1.82, 2.24) is 10.0 Å². The second kappa shape index (κ2) is 4.94. The summed E-state index contributed by atoms with van der Waals surface area (Å²) in [5.41, 5.74) is 5.50. The molecule has 2 aliphatic rings. The summed E-state index contributed by atoms with van der Waals surface area (Å²) in [4.78, 5) is 11.8. The number of carbonyl (C=O) groups excluding carboxylic acids is 1. The van der Waals surface area contributed by atoms with E-state index in [1.54, 1.807) is 0 Å². The van der Waals surface area contributed by atoms with Gasteiger partial charge in [-0.25, -0.2) is 5.01 Å². The molecule has 0 radical (unpaired) electrons. The van der Waals surface area contributed by atoms with Gasteiger partial charge in [-0.2, -0.15) is 0 Å². The molecule has 0 atom stereocenters. The topological polar surface area (TPSA) is 49.6 Å². The molecule has 15 heavy (non-hydrogen) atoms. The first kappa shape index (κ1) is 10.9. The molecule has 0 aromatic heterocycles. The average molecular weight is 211 g/mol. The molecular formula is C11H21N3O. The molecule has 0 unspecified atom stereocenters. The number of nitrogens with zero attached hydrogens (tertiary/aromatic N) is 2. The van der Waals surface area contributed by atoms with Crippen molar-refractivity contribution < 1.29 is 4.79 Å². The summed E-state index contributed by atoms with van der Waals surface area (Å²) in [6, 6.07) is 0.632. The van der Waals surface area contributed by atoms with E-state index in [4.69, 9.17) is 5.73 Å². The van der Waals surface area contributed by atoms with Crippen molar-refractivity contribution in [2.75, 3.05) is 19.6 Å². The van der Waals surface area contributed by atoms with E-state index < -0.39 is 0 Å². The van der Waals surface area contributed by atoms with Crippen LogP contribution in [0.5, 0.6) is 0 Å². The maximum absolute atomic E-state index is 11.8. The molecule has 1 saturated heterocycles. The van der Waals surface area contributed by atoms with Crippen LogP contribution in [0.4, 0.5) is 0 Å². The third-order valence-corrected chi connectivity index (χ3v) is 3.45. The zero-order chi connectivity index (χ0) is 10.7. The molecule has 1 saturated carbocycles. The number of hydrogen-bond acceptors (Lipinski definition) is 3. The number of hydrogen-bond donors (Lipinski definition) is 1. The standard InChI is InChI=1S/C11H21N3O/c12-7-3-9-14-11(15)6-2-8-13(14)10-4-1-5-10/h10H,1-9,12H2. The van der Waals surface area contributed by atoms with Gasteiger partial charge in [0.25, 0.3) is 0 Å². The van der Waals surface area contributed by atoms with Crippen LogP contribution in [0, 0.1) is 0 Å². The van der Waals surface area contributed by atoms with Crippen molar-refractivity contribution >= 4 is 5.91 Å². The minimum atomic E-state index is 0.293. The number of hydrazine groups is 1. The molecule has 2 rings (SSSR count). The smallest absolute Gasteiger partial charge is 0.236 e. The summed E-state index contributed by atoms with van der Waals surface area (Å²) < 4.78 is 0. The third-order valence-electron chi connectivity index (χ3n) is 3.45. The van der Waals surface area contributed by atoms with Crippen molar-refractivity contribution in [3.63, 3.8) is 0 Å². The minimum Gasteiger partial charge on any atom is -0.330 e. The first-order chi connectivity index (χ1) is 7.33. The number of amides is 1. The highest BCUT2D eigenvalue weighted by molar-refractivity contribution is 5.76. The minimum absolute atomic E-state index is 0.293. The quantitative estimate of drug-likeness (QED) is 0.745. The molecule has 1 aliphatic carbocycles. The number of rotatable bonds is 4. The third kappa shape index (κ3) is 2.32. The highest BCUT2D eigenvalue weighted by Crippen LogP contribution is 2.28. The van der Waals surface area contributed by atoms with Gasteiger partial charge in [0.2, 0.25) is 5.91 Å². The Labute approximate surface area is 91.4 Å². The second-order valence-corrected chi connectivity index (χ2v) is 4.51. The predicted molar refractivity (Wildman–Crippen MR) is 59.0 cm³/mol. The fourth-order valence-corrected chi connectivity index (χ4v) is 2.34. The molecular weight excluding hydrogens is 190 g/mol. The maximum atomic E-state index is 11.8. The Morgan fingerprint density at radius 3 is 2.73 bits per heavy atom. The van der Waals surface area contributed by atoms with Crippen LogP contribution in [-0.2, 0) is 4.79 Å². The predicted octanol–water partition coefficient (Wildman–Crippen LogP) is 0.727. The first-order valence-corrected chi connectivity index (χ1v) is 6.10. The summed E-state index contributed by atoms with van der Waals surface area (Å²) in [5, 5.41) is 4.26. The maximum Gasteiger partial charge on any atom is 0.236 e. The van der Waals surface area contributed by atoms with Gasteiger partial charge in [0.1, 0.15) is 0 Å². The van der Waals surface area contributed by atoms with E-state index in [0.29, 0.717) is 24.9 Å². The van der Waals surface area contributed by atoms with Crippen molar-refractivity contribution in [3.8, 4) is 0 Å². The molecule has 1 aliphatic heterocycles. The first-order valence-electron chi connectivity index (χ1n) is 6.10. The van der Waals surface area contributed by atoms with E-state index in [2.05, 4.69) is 5.01 Å². The Morgan fingerprint density at radius 1 is 1.33 bits per heavy atom. The van der Waals surface area contributed by atoms with Crippen molar-refractivity contribution in [3.05, 3.63) is 0 Å². The normalized spacial score (nSPS) is 24.3. The van der Waals surface area contributed by atoms with Crippen molar-refractivity contribution in [2.45, 2.75) is 44.6 Å². The number of nitrogens with two attached hydrogens (primary N) is 1. The zero-order valence-corrected chi connectivity index (χ0v) is 9.32. The van der Waals surface area contributed by atoms with Gasteiger partial charge in [-0.05, 0) is 32.2 Å². The molecule has 2 N–H and O–H groups in total. The molecule has 0 spiro atoms. The van der Waals surface area contributed by atoms with Gasteiger partial charge in [-0.3, -0.25) is 9.80 Å². The van der Waals surface area contributed by atoms with E-state index >= 15 is 0 Å². The van der Waals surface area contributed by atoms with Gasteiger partial charge < -0.3 is 5.73 Å². The molecule has 0 bridgehead atoms. The van der Waals surface area contributed by atoms with Gasteiger partial charge >= 0.3 is 0 Å². The molecule has 0 aromatic rings. The fourth-order valence-electron chi connectivity index (χ4n) is 2.34. The molecule has 0 aromatic carbocycles. The van der Waals surface area contributed by atoms with Crippen LogP contribution in [0.1, 0.15) is 38.5 Å². The summed E-state index contributed by atoms with van der Waals surface area (Å²) in [6.07, 6.45) is 6.48. The van der Waals surface area contributed by atoms with Crippen molar-refractivity contribution in [1.29, 1.82) is 0 Å². The second-order valence-electron chi connectivity index (χ2n) is 4.51. The summed E-state index contributed by atoms with van der Waals surface area (Å²) in [6.45, 7) is 2.54. The van der Waals surface area contributed by atoms with Crippen LogP contribution >= 0.6 is 0 Å². The zero-order valence-electron chi connectivity index (χ0n) is 9.32. The van der Waals surface area contributed by atoms with Crippen LogP contribution in [0.25, 0.3) is 0 Å². The molecule has 4 heteroatoms. The Hall–Kier alpha value is -0.610. The Morgan fingerprint density at radius 2 is 2.13 bits per heavy atom. The Bertz CT molecular complexity index is 228. The lowest BCUT2D eigenvalue weighted by Gasteiger charge is -2.46. The fraction of sp³-hybridized carbons (Fsp3) is 0.909. The Kier molecular flexibility index (Phi) is 3.59. The van der Waals surface area contributed by atoms with E-state index in [1.165, 1.54) is 19.3 Å². The Balaban J connectivity index is 1.94. The van der Waals surface area contributed by atoms with E-state index in [9.17, 15) is 4.79 Å². The summed E-state index contributed by atoms with van der Waals surface area (Å²) >= 11 is 0. The molecule has 2 fully saturated rings. The van der Waals surface area contributed by atoms with Gasteiger partial charge in [0.05, 0.1) is 0 Å². The molecule has 86 valence electrons. The van der Waals surface area contributed by atoms with Crippen LogP contribution < -0.4 is 5.73 Å². The largest absolute Gasteiger partial charge is 0.330 e. The summed E-state index contributed by atoms with van der Waals surface area (Å²) in [7, 11) is 0. The van der Waals surface area contributed by atoms with Gasteiger partial charge in [0, 0.05) is 25.6 Å². The SMILES string of the molecule is NCCCN1C(=O)CCCN1C1CCC1. The lowest BCUT2D eigenvalue weighted by atomic mass is 9.92. The van der Waals surface area contributed by atoms with Crippen LogP contribution in [0.3, 0.4) is 0 Å². The van der Waals surface area contributed by atoms with Crippen LogP contribution in [0.2, 0.25) is 0 Å². The van der Waals surface area contributed by atoms with Crippen LogP contribution in [0.15, 0.2) is 0 Å². The monoisotopic (exact) mass is 211 g/mol. The molecule has 1 heterocycles.